The van der Waals surface area contributed by atoms with E-state index in [9.17, 15) is 44.7 Å². The summed E-state index contributed by atoms with van der Waals surface area (Å²) in [7, 11) is 0. The molecule has 0 unspecified atom stereocenters. The molecule has 0 amide bonds. The summed E-state index contributed by atoms with van der Waals surface area (Å²) in [6.07, 6.45) is 14.4. The van der Waals surface area contributed by atoms with E-state index in [1.807, 2.05) is 0 Å². The molecule has 0 heterocycles. The van der Waals surface area contributed by atoms with Crippen molar-refractivity contribution in [3.05, 3.63) is 12.2 Å². The minimum Gasteiger partial charge on any atom is -0.463 e. The molecular weight excluding hydrogens is 540 g/mol. The van der Waals surface area contributed by atoms with Gasteiger partial charge in [0.15, 0.2) is 6.61 Å². The number of ether oxygens (including phenoxy) is 2. The van der Waals surface area contributed by atoms with Crippen molar-refractivity contribution < 1.29 is 54.2 Å². The molecule has 12 heteroatoms. The van der Waals surface area contributed by atoms with Crippen molar-refractivity contribution in [1.29, 1.82) is 0 Å². The molecule has 0 rings (SSSR count). The van der Waals surface area contributed by atoms with Gasteiger partial charge in [0.25, 0.3) is 0 Å². The van der Waals surface area contributed by atoms with Crippen molar-refractivity contribution in [2.24, 2.45) is 0 Å². The Bertz CT molecular complexity index is 699. The van der Waals surface area contributed by atoms with Gasteiger partial charge in [0.1, 0.15) is 0 Å². The largest absolute Gasteiger partial charge is 0.463 e. The second-order valence-corrected chi connectivity index (χ2v) is 9.61. The highest BCUT2D eigenvalue weighted by Gasteiger charge is 2.75. The molecule has 0 saturated heterocycles. The maximum absolute atomic E-state index is 13.3. The Balaban J connectivity index is 3.85. The van der Waals surface area contributed by atoms with Gasteiger partial charge in [-0.15, -0.1) is 0 Å². The van der Waals surface area contributed by atoms with E-state index in [1.165, 1.54) is 70.6 Å². The Morgan fingerprint density at radius 3 is 1.36 bits per heavy atom. The summed E-state index contributed by atoms with van der Waals surface area (Å²) in [4.78, 5) is 22.8. The minimum atomic E-state index is -6.48. The molecule has 0 aliphatic heterocycles. The molecule has 0 atom stereocenters. The van der Waals surface area contributed by atoms with Crippen LogP contribution in [0, 0.1) is 0 Å². The zero-order chi connectivity index (χ0) is 29.8. The lowest BCUT2D eigenvalue weighted by molar-refractivity contribution is -0.344. The van der Waals surface area contributed by atoms with Gasteiger partial charge in [-0.05, 0) is 6.42 Å². The van der Waals surface area contributed by atoms with Gasteiger partial charge >= 0.3 is 36.1 Å². The van der Waals surface area contributed by atoms with E-state index in [2.05, 4.69) is 11.7 Å². The van der Waals surface area contributed by atoms with Crippen LogP contribution in [0.15, 0.2) is 12.2 Å². The van der Waals surface area contributed by atoms with Crippen LogP contribution in [-0.4, -0.2) is 49.3 Å². The molecular formula is C27H42F8O4. The molecule has 0 radical (unpaired) electrons. The van der Waals surface area contributed by atoms with Crippen LogP contribution in [0.2, 0.25) is 0 Å². The first-order valence-corrected chi connectivity index (χ1v) is 13.7. The number of rotatable bonds is 24. The first kappa shape index (κ1) is 37.1. The molecule has 0 aromatic heterocycles. The number of halogens is 8. The quantitative estimate of drug-likeness (QED) is 0.0493. The van der Waals surface area contributed by atoms with Crippen LogP contribution in [0.5, 0.6) is 0 Å². The van der Waals surface area contributed by atoms with E-state index in [0.717, 1.165) is 25.7 Å². The topological polar surface area (TPSA) is 52.6 Å². The van der Waals surface area contributed by atoms with Gasteiger partial charge in [-0.1, -0.05) is 103 Å². The highest BCUT2D eigenvalue weighted by Crippen LogP contribution is 2.48. The van der Waals surface area contributed by atoms with E-state index < -0.39 is 42.7 Å². The van der Waals surface area contributed by atoms with Crippen LogP contribution in [0.3, 0.4) is 0 Å². The summed E-state index contributed by atoms with van der Waals surface area (Å²) in [6.45, 7) is -0.351. The monoisotopic (exact) mass is 582 g/mol. The van der Waals surface area contributed by atoms with Gasteiger partial charge in [0, 0.05) is 12.2 Å². The zero-order valence-corrected chi connectivity index (χ0v) is 22.6. The predicted octanol–water partition coefficient (Wildman–Crippen LogP) is 9.06. The van der Waals surface area contributed by atoms with E-state index in [4.69, 9.17) is 4.74 Å². The average molecular weight is 583 g/mol. The van der Waals surface area contributed by atoms with E-state index in [0.29, 0.717) is 12.5 Å². The molecule has 0 aromatic rings. The number of hydrogen-bond donors (Lipinski definition) is 0. The molecule has 0 fully saturated rings. The molecule has 0 aromatic carbocycles. The summed E-state index contributed by atoms with van der Waals surface area (Å²) in [6, 6.07) is 0. The zero-order valence-electron chi connectivity index (χ0n) is 22.6. The second kappa shape index (κ2) is 20.1. The van der Waals surface area contributed by atoms with Crippen molar-refractivity contribution in [3.8, 4) is 0 Å². The predicted molar refractivity (Wildman–Crippen MR) is 131 cm³/mol. The number of carbonyl (C=O) groups is 2. The first-order chi connectivity index (χ1) is 18.3. The Labute approximate surface area is 225 Å². The molecule has 0 N–H and O–H groups in total. The molecule has 0 bridgehead atoms. The maximum atomic E-state index is 13.3. The maximum Gasteiger partial charge on any atom is 0.381 e. The average Bonchev–Trinajstić information content (AvgIpc) is 2.87. The van der Waals surface area contributed by atoms with Crippen LogP contribution in [0.25, 0.3) is 0 Å². The summed E-state index contributed by atoms with van der Waals surface area (Å²) in [5.74, 6) is -21.4. The van der Waals surface area contributed by atoms with Crippen LogP contribution in [-0.2, 0) is 19.1 Å². The molecule has 0 aliphatic rings. The highest BCUT2D eigenvalue weighted by atomic mass is 19.4. The Morgan fingerprint density at radius 1 is 0.615 bits per heavy atom. The van der Waals surface area contributed by atoms with Crippen molar-refractivity contribution in [2.75, 3.05) is 13.2 Å². The Hall–Kier alpha value is -1.88. The van der Waals surface area contributed by atoms with Gasteiger partial charge in [-0.25, -0.2) is 18.4 Å². The normalized spacial score (nSPS) is 12.9. The summed E-state index contributed by atoms with van der Waals surface area (Å²) in [5.41, 5.74) is 0. The van der Waals surface area contributed by atoms with Crippen LogP contribution in [0.4, 0.5) is 35.1 Å². The van der Waals surface area contributed by atoms with E-state index >= 15 is 0 Å². The van der Waals surface area contributed by atoms with Crippen molar-refractivity contribution >= 4 is 11.9 Å². The lowest BCUT2D eigenvalue weighted by Crippen LogP contribution is -2.59. The van der Waals surface area contributed by atoms with Gasteiger partial charge in [0.2, 0.25) is 0 Å². The summed E-state index contributed by atoms with van der Waals surface area (Å²) < 4.78 is 111. The fourth-order valence-corrected chi connectivity index (χ4v) is 3.69. The van der Waals surface area contributed by atoms with Crippen LogP contribution >= 0.6 is 0 Å². The van der Waals surface area contributed by atoms with Crippen molar-refractivity contribution in [1.82, 2.24) is 0 Å². The lowest BCUT2D eigenvalue weighted by atomic mass is 10.0. The van der Waals surface area contributed by atoms with E-state index in [-0.39, 0.29) is 12.7 Å². The molecule has 0 spiro atoms. The smallest absolute Gasteiger partial charge is 0.381 e. The highest BCUT2D eigenvalue weighted by molar-refractivity contribution is 5.91. The number of carbonyl (C=O) groups excluding carboxylic acids is 2. The molecule has 0 aliphatic carbocycles. The number of hydrogen-bond acceptors (Lipinski definition) is 4. The lowest BCUT2D eigenvalue weighted by Gasteiger charge is -2.31. The number of unbranched alkanes of at least 4 members (excludes halogenated alkanes) is 15. The third-order valence-corrected chi connectivity index (χ3v) is 6.15. The molecule has 4 nitrogen and oxygen atoms in total. The van der Waals surface area contributed by atoms with Crippen molar-refractivity contribution in [3.63, 3.8) is 0 Å². The van der Waals surface area contributed by atoms with Crippen LogP contribution in [0.1, 0.15) is 110 Å². The standard InChI is InChI=1S/C27H42F8O4/c1-2-3-4-5-6-7-8-9-10-11-12-13-14-15-16-17-20-38-22(36)18-19-23(37)39-21-25(30,31)27(34,35)26(32,33)24(28)29/h18-19,24H,2-17,20-21H2,1H3/b19-18+. The Morgan fingerprint density at radius 2 is 0.974 bits per heavy atom. The fourth-order valence-electron chi connectivity index (χ4n) is 3.69. The van der Waals surface area contributed by atoms with Crippen LogP contribution < -0.4 is 0 Å². The molecule has 230 valence electrons. The number of alkyl halides is 8. The third-order valence-electron chi connectivity index (χ3n) is 6.15. The van der Waals surface area contributed by atoms with Gasteiger partial charge in [0.05, 0.1) is 6.61 Å². The third kappa shape index (κ3) is 15.5. The van der Waals surface area contributed by atoms with E-state index in [1.54, 1.807) is 0 Å². The summed E-state index contributed by atoms with van der Waals surface area (Å²) in [5, 5.41) is 0. The molecule has 39 heavy (non-hydrogen) atoms. The second-order valence-electron chi connectivity index (χ2n) is 9.61. The summed E-state index contributed by atoms with van der Waals surface area (Å²) >= 11 is 0. The van der Waals surface area contributed by atoms with Gasteiger partial charge in [-0.2, -0.15) is 26.3 Å². The number of esters is 2. The SMILES string of the molecule is CCCCCCCCCCCCCCCCCCOC(=O)/C=C/C(=O)OCC(F)(F)C(F)(F)C(F)(F)C(F)F. The molecule has 0 saturated carbocycles. The Kier molecular flexibility index (Phi) is 19.1. The van der Waals surface area contributed by atoms with Gasteiger partial charge < -0.3 is 9.47 Å². The van der Waals surface area contributed by atoms with Crippen molar-refractivity contribution in [2.45, 2.75) is 134 Å². The first-order valence-electron chi connectivity index (χ1n) is 13.7. The minimum absolute atomic E-state index is 0.0314. The van der Waals surface area contributed by atoms with Gasteiger partial charge in [-0.3, -0.25) is 0 Å². The fraction of sp³-hybridized carbons (Fsp3) is 0.852.